The molecule has 0 aromatic rings. The highest BCUT2D eigenvalue weighted by Crippen LogP contribution is 2.09. The van der Waals surface area contributed by atoms with Crippen LogP contribution in [0.1, 0.15) is 20.8 Å². The zero-order valence-corrected chi connectivity index (χ0v) is 9.36. The molecule has 0 radical (unpaired) electrons. The summed E-state index contributed by atoms with van der Waals surface area (Å²) < 4.78 is 17.0. The van der Waals surface area contributed by atoms with Crippen molar-refractivity contribution in [3.8, 4) is 0 Å². The third kappa shape index (κ3) is 4.96. The zero-order valence-electron chi connectivity index (χ0n) is 8.54. The van der Waals surface area contributed by atoms with Crippen LogP contribution in [-0.2, 0) is 4.74 Å². The lowest BCUT2D eigenvalue weighted by Gasteiger charge is -2.25. The number of nitrogens with two attached hydrogens (primary N) is 1. The average Bonchev–Trinajstić information content (AvgIpc) is 1.95. The molecule has 0 rings (SSSR count). The molecule has 0 aromatic carbocycles. The van der Waals surface area contributed by atoms with Gasteiger partial charge in [-0.15, -0.1) is 0 Å². The minimum Gasteiger partial charge on any atom is -0.443 e. The Balaban J connectivity index is 4.38. The maximum atomic E-state index is 12.0. The fraction of sp³-hybridized carbons (Fsp3) is 0.750. The number of carbonyl (C=O) groups excluding carboxylic acids is 1. The smallest absolute Gasteiger partial charge is 0.416 e. The Morgan fingerprint density at radius 1 is 1.57 bits per heavy atom. The van der Waals surface area contributed by atoms with Gasteiger partial charge in [-0.25, -0.2) is 9.18 Å². The van der Waals surface area contributed by atoms with Crippen LogP contribution in [0.25, 0.3) is 0 Å². The molecule has 0 aromatic heterocycles. The summed E-state index contributed by atoms with van der Waals surface area (Å²) >= 11 is 4.58. The standard InChI is InChI=1S/C8H15FN2O2S/c1-8(2,3)13-7(12)11(5-4-9)6(10)14/h4-5H2,1-3H3,(H2,10,14). The van der Waals surface area contributed by atoms with Gasteiger partial charge in [0.25, 0.3) is 0 Å². The van der Waals surface area contributed by atoms with Crippen LogP contribution in [0.15, 0.2) is 0 Å². The largest absolute Gasteiger partial charge is 0.443 e. The van der Waals surface area contributed by atoms with E-state index in [0.717, 1.165) is 4.90 Å². The second kappa shape index (κ2) is 5.09. The van der Waals surface area contributed by atoms with Gasteiger partial charge < -0.3 is 10.5 Å². The van der Waals surface area contributed by atoms with Crippen molar-refractivity contribution in [1.82, 2.24) is 4.90 Å². The van der Waals surface area contributed by atoms with E-state index in [-0.39, 0.29) is 11.7 Å². The van der Waals surface area contributed by atoms with E-state index in [0.29, 0.717) is 0 Å². The molecule has 0 unspecified atom stereocenters. The minimum absolute atomic E-state index is 0.176. The van der Waals surface area contributed by atoms with E-state index in [2.05, 4.69) is 12.2 Å². The Morgan fingerprint density at radius 3 is 2.36 bits per heavy atom. The predicted octanol–water partition coefficient (Wildman–Crippen LogP) is 1.44. The van der Waals surface area contributed by atoms with Crippen LogP contribution in [0.4, 0.5) is 9.18 Å². The number of hydrogen-bond acceptors (Lipinski definition) is 3. The first kappa shape index (κ1) is 13.1. The van der Waals surface area contributed by atoms with Crippen LogP contribution >= 0.6 is 12.2 Å². The molecule has 1 amide bonds. The van der Waals surface area contributed by atoms with Gasteiger partial charge in [0.1, 0.15) is 12.3 Å². The van der Waals surface area contributed by atoms with Crippen LogP contribution < -0.4 is 5.73 Å². The van der Waals surface area contributed by atoms with Crippen LogP contribution in [-0.4, -0.2) is 34.9 Å². The van der Waals surface area contributed by atoms with E-state index in [4.69, 9.17) is 10.5 Å². The summed E-state index contributed by atoms with van der Waals surface area (Å²) in [6, 6.07) is 0. The summed E-state index contributed by atoms with van der Waals surface area (Å²) in [7, 11) is 0. The third-order valence-corrected chi connectivity index (χ3v) is 1.41. The molecule has 0 fully saturated rings. The van der Waals surface area contributed by atoms with Crippen LogP contribution in [0.2, 0.25) is 0 Å². The number of halogens is 1. The van der Waals surface area contributed by atoms with Gasteiger partial charge >= 0.3 is 6.09 Å². The predicted molar refractivity (Wildman–Crippen MR) is 55.7 cm³/mol. The molecule has 14 heavy (non-hydrogen) atoms. The van der Waals surface area contributed by atoms with Crippen molar-refractivity contribution in [2.24, 2.45) is 5.73 Å². The first-order valence-corrected chi connectivity index (χ1v) is 4.54. The van der Waals surface area contributed by atoms with E-state index in [9.17, 15) is 9.18 Å². The van der Waals surface area contributed by atoms with Crippen molar-refractivity contribution in [3.63, 3.8) is 0 Å². The van der Waals surface area contributed by atoms with Crippen molar-refractivity contribution >= 4 is 23.4 Å². The van der Waals surface area contributed by atoms with E-state index in [1.807, 2.05) is 0 Å². The van der Waals surface area contributed by atoms with Gasteiger partial charge in [0.05, 0.1) is 6.54 Å². The van der Waals surface area contributed by atoms with Gasteiger partial charge in [-0.3, -0.25) is 4.90 Å². The summed E-state index contributed by atoms with van der Waals surface area (Å²) in [6.07, 6.45) is -0.720. The van der Waals surface area contributed by atoms with Crippen LogP contribution in [0.3, 0.4) is 0 Å². The first-order valence-electron chi connectivity index (χ1n) is 4.14. The number of nitrogens with zero attached hydrogens (tertiary/aromatic N) is 1. The second-order valence-electron chi connectivity index (χ2n) is 3.66. The van der Waals surface area contributed by atoms with Crippen molar-refractivity contribution < 1.29 is 13.9 Å². The Hall–Kier alpha value is -0.910. The molecule has 6 heteroatoms. The molecular formula is C8H15FN2O2S. The fourth-order valence-electron chi connectivity index (χ4n) is 0.693. The monoisotopic (exact) mass is 222 g/mol. The highest BCUT2D eigenvalue weighted by atomic mass is 32.1. The lowest BCUT2D eigenvalue weighted by atomic mass is 10.2. The molecule has 0 aliphatic heterocycles. The fourth-order valence-corrected chi connectivity index (χ4v) is 0.859. The number of alkyl halides is 1. The number of hydrogen-bond donors (Lipinski definition) is 1. The number of carbonyl (C=O) groups is 1. The van der Waals surface area contributed by atoms with E-state index in [1.54, 1.807) is 20.8 Å². The van der Waals surface area contributed by atoms with Crippen molar-refractivity contribution in [2.75, 3.05) is 13.2 Å². The molecule has 4 nitrogen and oxygen atoms in total. The van der Waals surface area contributed by atoms with E-state index < -0.39 is 18.4 Å². The molecular weight excluding hydrogens is 207 g/mol. The van der Waals surface area contributed by atoms with Crippen molar-refractivity contribution in [1.29, 1.82) is 0 Å². The molecule has 0 atom stereocenters. The average molecular weight is 222 g/mol. The lowest BCUT2D eigenvalue weighted by Crippen LogP contribution is -2.44. The second-order valence-corrected chi connectivity index (χ2v) is 4.08. The Bertz CT molecular complexity index is 228. The Kier molecular flexibility index (Phi) is 4.76. The summed E-state index contributed by atoms with van der Waals surface area (Å²) in [5, 5.41) is -0.183. The molecule has 0 saturated heterocycles. The van der Waals surface area contributed by atoms with Gasteiger partial charge in [-0.2, -0.15) is 0 Å². The van der Waals surface area contributed by atoms with Gasteiger partial charge in [0.2, 0.25) is 0 Å². The topological polar surface area (TPSA) is 55.6 Å². The maximum Gasteiger partial charge on any atom is 0.416 e. The SMILES string of the molecule is CC(C)(C)OC(=O)N(CCF)C(N)=S. The van der Waals surface area contributed by atoms with Gasteiger partial charge in [-0.1, -0.05) is 0 Å². The third-order valence-electron chi connectivity index (χ3n) is 1.19. The highest BCUT2D eigenvalue weighted by Gasteiger charge is 2.23. The summed E-state index contributed by atoms with van der Waals surface area (Å²) in [4.78, 5) is 12.2. The van der Waals surface area contributed by atoms with Crippen LogP contribution in [0.5, 0.6) is 0 Å². The quantitative estimate of drug-likeness (QED) is 0.718. The van der Waals surface area contributed by atoms with E-state index in [1.165, 1.54) is 0 Å². The van der Waals surface area contributed by atoms with Gasteiger partial charge in [0, 0.05) is 0 Å². The zero-order chi connectivity index (χ0) is 11.4. The van der Waals surface area contributed by atoms with Gasteiger partial charge in [-0.05, 0) is 33.0 Å². The number of rotatable bonds is 2. The number of thiocarbonyl (C=S) groups is 1. The molecule has 0 aliphatic rings. The van der Waals surface area contributed by atoms with Crippen molar-refractivity contribution in [2.45, 2.75) is 26.4 Å². The number of amides is 1. The molecule has 2 N–H and O–H groups in total. The summed E-state index contributed by atoms with van der Waals surface area (Å²) in [6.45, 7) is 4.23. The molecule has 0 heterocycles. The molecule has 82 valence electrons. The molecule has 0 saturated carbocycles. The molecule has 0 aliphatic carbocycles. The summed E-state index contributed by atoms with van der Waals surface area (Å²) in [5.41, 5.74) is 4.59. The van der Waals surface area contributed by atoms with Gasteiger partial charge in [0.15, 0.2) is 5.11 Å². The number of ether oxygens (including phenoxy) is 1. The van der Waals surface area contributed by atoms with E-state index >= 15 is 0 Å². The summed E-state index contributed by atoms with van der Waals surface area (Å²) in [5.74, 6) is 0. The highest BCUT2D eigenvalue weighted by molar-refractivity contribution is 7.80. The minimum atomic E-state index is -0.720. The Morgan fingerprint density at radius 2 is 2.07 bits per heavy atom. The first-order chi connectivity index (χ1) is 6.28. The van der Waals surface area contributed by atoms with Crippen molar-refractivity contribution in [3.05, 3.63) is 0 Å². The Labute approximate surface area is 88.2 Å². The lowest BCUT2D eigenvalue weighted by molar-refractivity contribution is 0.0364. The molecule has 0 bridgehead atoms. The van der Waals surface area contributed by atoms with Crippen LogP contribution in [0, 0.1) is 0 Å². The normalized spacial score (nSPS) is 10.9. The maximum absolute atomic E-state index is 12.0. The molecule has 0 spiro atoms.